The van der Waals surface area contributed by atoms with E-state index in [1.165, 1.54) is 4.88 Å². The van der Waals surface area contributed by atoms with Gasteiger partial charge in [-0.1, -0.05) is 12.1 Å². The fourth-order valence-corrected chi connectivity index (χ4v) is 2.80. The molecule has 0 saturated carbocycles. The molecule has 16 heavy (non-hydrogen) atoms. The fraction of sp³-hybridized carbons (Fsp3) is 0. The summed E-state index contributed by atoms with van der Waals surface area (Å²) in [6.07, 6.45) is 1.82. The van der Waals surface area contributed by atoms with Gasteiger partial charge >= 0.3 is 0 Å². The van der Waals surface area contributed by atoms with E-state index in [0.717, 1.165) is 16.4 Å². The third-order valence-electron chi connectivity index (χ3n) is 2.17. The molecule has 3 aromatic heterocycles. The number of rotatable bonds is 2. The van der Waals surface area contributed by atoms with Crippen LogP contribution >= 0.6 is 22.7 Å². The van der Waals surface area contributed by atoms with Gasteiger partial charge in [0, 0.05) is 6.20 Å². The first-order valence-corrected chi connectivity index (χ1v) is 6.60. The van der Waals surface area contributed by atoms with Gasteiger partial charge in [-0.15, -0.1) is 22.7 Å². The van der Waals surface area contributed by atoms with Crippen LogP contribution in [0.4, 0.5) is 0 Å². The molecule has 0 N–H and O–H groups in total. The number of aromatic nitrogens is 2. The summed E-state index contributed by atoms with van der Waals surface area (Å²) in [6.45, 7) is 0. The number of thiophene rings is 2. The summed E-state index contributed by atoms with van der Waals surface area (Å²) in [5, 5.41) is 4.10. The first kappa shape index (κ1) is 9.69. The van der Waals surface area contributed by atoms with E-state index in [1.54, 1.807) is 22.7 Å². The Kier molecular flexibility index (Phi) is 2.52. The zero-order valence-electron chi connectivity index (χ0n) is 8.33. The Hall–Kier alpha value is -1.52. The monoisotopic (exact) mass is 244 g/mol. The Morgan fingerprint density at radius 1 is 0.875 bits per heavy atom. The summed E-state index contributed by atoms with van der Waals surface area (Å²) in [5.41, 5.74) is 0.994. The quantitative estimate of drug-likeness (QED) is 0.682. The van der Waals surface area contributed by atoms with Crippen LogP contribution in [-0.2, 0) is 0 Å². The minimum atomic E-state index is 0.806. The Bertz CT molecular complexity index is 521. The van der Waals surface area contributed by atoms with Crippen LogP contribution in [0.3, 0.4) is 0 Å². The minimum Gasteiger partial charge on any atom is -0.236 e. The van der Waals surface area contributed by atoms with Gasteiger partial charge in [0.05, 0.1) is 15.4 Å². The smallest absolute Gasteiger partial charge is 0.169 e. The normalized spacial score (nSPS) is 10.5. The molecule has 0 unspecified atom stereocenters. The third kappa shape index (κ3) is 1.77. The lowest BCUT2D eigenvalue weighted by Crippen LogP contribution is -1.87. The summed E-state index contributed by atoms with van der Waals surface area (Å²) in [4.78, 5) is 11.2. The van der Waals surface area contributed by atoms with Crippen molar-refractivity contribution in [3.8, 4) is 21.3 Å². The van der Waals surface area contributed by atoms with E-state index in [-0.39, 0.29) is 0 Å². The van der Waals surface area contributed by atoms with Crippen LogP contribution < -0.4 is 0 Å². The summed E-state index contributed by atoms with van der Waals surface area (Å²) in [7, 11) is 0. The zero-order chi connectivity index (χ0) is 10.8. The molecular formula is C12H8N2S2. The highest BCUT2D eigenvalue weighted by Crippen LogP contribution is 2.26. The van der Waals surface area contributed by atoms with Crippen molar-refractivity contribution in [2.45, 2.75) is 0 Å². The second kappa shape index (κ2) is 4.15. The molecule has 0 atom stereocenters. The topological polar surface area (TPSA) is 25.8 Å². The average Bonchev–Trinajstić information content (AvgIpc) is 3.03. The van der Waals surface area contributed by atoms with Crippen LogP contribution in [0.15, 0.2) is 47.3 Å². The molecule has 4 heteroatoms. The molecule has 0 aliphatic heterocycles. The Labute approximate surface area is 101 Å². The molecule has 3 heterocycles. The van der Waals surface area contributed by atoms with Gasteiger partial charge in [0.2, 0.25) is 0 Å². The number of hydrogen-bond donors (Lipinski definition) is 0. The highest BCUT2D eigenvalue weighted by atomic mass is 32.1. The molecule has 0 saturated heterocycles. The molecule has 2 nitrogen and oxygen atoms in total. The first-order valence-electron chi connectivity index (χ1n) is 4.84. The van der Waals surface area contributed by atoms with E-state index in [0.29, 0.717) is 0 Å². The van der Waals surface area contributed by atoms with Gasteiger partial charge < -0.3 is 0 Å². The second-order valence-electron chi connectivity index (χ2n) is 3.22. The van der Waals surface area contributed by atoms with Gasteiger partial charge in [-0.2, -0.15) is 0 Å². The maximum Gasteiger partial charge on any atom is 0.169 e. The second-order valence-corrected chi connectivity index (χ2v) is 5.12. The van der Waals surface area contributed by atoms with Crippen molar-refractivity contribution in [1.82, 2.24) is 9.97 Å². The molecule has 0 fully saturated rings. The lowest BCUT2D eigenvalue weighted by Gasteiger charge is -1.99. The van der Waals surface area contributed by atoms with Gasteiger partial charge in [-0.25, -0.2) is 9.97 Å². The van der Waals surface area contributed by atoms with Gasteiger partial charge in [-0.05, 0) is 29.0 Å². The summed E-state index contributed by atoms with van der Waals surface area (Å²) >= 11 is 3.36. The van der Waals surface area contributed by atoms with Crippen molar-refractivity contribution in [2.24, 2.45) is 0 Å². The summed E-state index contributed by atoms with van der Waals surface area (Å²) < 4.78 is 0. The van der Waals surface area contributed by atoms with Crippen molar-refractivity contribution in [3.63, 3.8) is 0 Å². The van der Waals surface area contributed by atoms with Crippen LogP contribution in [0.2, 0.25) is 0 Å². The van der Waals surface area contributed by atoms with E-state index in [1.807, 2.05) is 35.8 Å². The van der Waals surface area contributed by atoms with Crippen molar-refractivity contribution in [2.75, 3.05) is 0 Å². The van der Waals surface area contributed by atoms with E-state index < -0.39 is 0 Å². The van der Waals surface area contributed by atoms with Crippen molar-refractivity contribution < 1.29 is 0 Å². The van der Waals surface area contributed by atoms with Gasteiger partial charge in [-0.3, -0.25) is 0 Å². The first-order chi connectivity index (χ1) is 7.93. The summed E-state index contributed by atoms with van der Waals surface area (Å²) in [6, 6.07) is 10.1. The summed E-state index contributed by atoms with van der Waals surface area (Å²) in [5.74, 6) is 0.806. The van der Waals surface area contributed by atoms with Gasteiger partial charge in [0.15, 0.2) is 5.82 Å². The molecule has 0 bridgehead atoms. The van der Waals surface area contributed by atoms with Crippen molar-refractivity contribution in [3.05, 3.63) is 47.3 Å². The van der Waals surface area contributed by atoms with E-state index in [4.69, 9.17) is 0 Å². The maximum absolute atomic E-state index is 4.57. The molecular weight excluding hydrogens is 236 g/mol. The van der Waals surface area contributed by atoms with E-state index >= 15 is 0 Å². The maximum atomic E-state index is 4.57. The molecule has 0 aromatic carbocycles. The highest BCUT2D eigenvalue weighted by Gasteiger charge is 2.05. The van der Waals surface area contributed by atoms with Crippen LogP contribution in [0.25, 0.3) is 21.3 Å². The Morgan fingerprint density at radius 2 is 1.62 bits per heavy atom. The predicted octanol–water partition coefficient (Wildman–Crippen LogP) is 3.93. The molecule has 0 amide bonds. The van der Waals surface area contributed by atoms with Crippen LogP contribution in [0.1, 0.15) is 0 Å². The lowest BCUT2D eigenvalue weighted by atomic mass is 10.3. The van der Waals surface area contributed by atoms with Crippen LogP contribution in [0.5, 0.6) is 0 Å². The third-order valence-corrected chi connectivity index (χ3v) is 3.93. The predicted molar refractivity (Wildman–Crippen MR) is 68.7 cm³/mol. The SMILES string of the molecule is c1csc(-c2ccnc(-c3cccs3)n2)c1. The van der Waals surface area contributed by atoms with E-state index in [9.17, 15) is 0 Å². The molecule has 3 rings (SSSR count). The largest absolute Gasteiger partial charge is 0.236 e. The fourth-order valence-electron chi connectivity index (χ4n) is 1.44. The highest BCUT2D eigenvalue weighted by molar-refractivity contribution is 7.13. The number of hydrogen-bond acceptors (Lipinski definition) is 4. The molecule has 0 spiro atoms. The van der Waals surface area contributed by atoms with E-state index in [2.05, 4.69) is 21.4 Å². The molecule has 3 aromatic rings. The van der Waals surface area contributed by atoms with Gasteiger partial charge in [0.1, 0.15) is 0 Å². The lowest BCUT2D eigenvalue weighted by molar-refractivity contribution is 1.19. The molecule has 0 radical (unpaired) electrons. The molecule has 0 aliphatic carbocycles. The Balaban J connectivity index is 2.07. The standard InChI is InChI=1S/C12H8N2S2/c1-3-10(15-7-1)9-5-6-13-12(14-9)11-4-2-8-16-11/h1-8H. The van der Waals surface area contributed by atoms with Crippen molar-refractivity contribution >= 4 is 22.7 Å². The minimum absolute atomic E-state index is 0.806. The number of nitrogens with zero attached hydrogens (tertiary/aromatic N) is 2. The van der Waals surface area contributed by atoms with Crippen LogP contribution in [-0.4, -0.2) is 9.97 Å². The van der Waals surface area contributed by atoms with Gasteiger partial charge in [0.25, 0.3) is 0 Å². The molecule has 0 aliphatic rings. The zero-order valence-corrected chi connectivity index (χ0v) is 9.96. The molecule has 78 valence electrons. The Morgan fingerprint density at radius 3 is 2.31 bits per heavy atom. The van der Waals surface area contributed by atoms with Crippen LogP contribution in [0, 0.1) is 0 Å². The van der Waals surface area contributed by atoms with Crippen molar-refractivity contribution in [1.29, 1.82) is 0 Å². The average molecular weight is 244 g/mol.